The number of nitrogens with one attached hydrogen (secondary N) is 1. The Kier molecular flexibility index (Phi) is 4.00. The summed E-state index contributed by atoms with van der Waals surface area (Å²) in [6, 6.07) is 0. The Morgan fingerprint density at radius 3 is 1.83 bits per heavy atom. The van der Waals surface area contributed by atoms with Gasteiger partial charge in [0.1, 0.15) is 0 Å². The van der Waals surface area contributed by atoms with Crippen LogP contribution in [0.2, 0.25) is 0 Å². The molecule has 0 bridgehead atoms. The topological polar surface area (TPSA) is 46.2 Å². The monoisotopic (exact) mass is 167 g/mol. The highest BCUT2D eigenvalue weighted by atomic mass is 16.2. The number of hydrogen-bond donors (Lipinski definition) is 1. The zero-order chi connectivity index (χ0) is 9.78. The molecule has 1 amide bonds. The highest BCUT2D eigenvalue weighted by Gasteiger charge is 2.31. The van der Waals surface area contributed by atoms with E-state index in [0.717, 1.165) is 0 Å². The molecule has 12 heavy (non-hydrogen) atoms. The fraction of sp³-hybridized carbons (Fsp3) is 0.750. The summed E-state index contributed by atoms with van der Waals surface area (Å²) in [5.41, 5.74) is -0.758. The van der Waals surface area contributed by atoms with Crippen molar-refractivity contribution in [2.45, 2.75) is 39.2 Å². The third-order valence-corrected chi connectivity index (χ3v) is 2.24. The van der Waals surface area contributed by atoms with Gasteiger partial charge in [-0.2, -0.15) is 0 Å². The first-order chi connectivity index (χ1) is 5.48. The lowest BCUT2D eigenvalue weighted by atomic mass is 9.87. The van der Waals surface area contributed by atoms with Crippen LogP contribution in [0, 0.1) is 0 Å². The van der Waals surface area contributed by atoms with Gasteiger partial charge in [-0.1, -0.05) is 13.8 Å². The van der Waals surface area contributed by atoms with Crippen molar-refractivity contribution in [2.24, 2.45) is 0 Å². The zero-order valence-electron chi connectivity index (χ0n) is 7.81. The molecule has 0 aromatic heterocycles. The molecule has 0 aromatic carbocycles. The predicted octanol–water partition coefficient (Wildman–Crippen LogP) is 1.01. The molecule has 0 unspecified atom stereocenters. The largest absolute Gasteiger partial charge is 0.354 e. The third-order valence-electron chi connectivity index (χ3n) is 2.24. The predicted molar refractivity (Wildman–Crippen MR) is 48.3 cm³/mol. The minimum absolute atomic E-state index is 0.0497. The third kappa shape index (κ3) is 2.36. The summed E-state index contributed by atoms with van der Waals surface area (Å²) in [7, 11) is 4.97. The molecule has 2 radical (unpaired) electrons. The summed E-state index contributed by atoms with van der Waals surface area (Å²) in [6.45, 7) is 5.16. The van der Waals surface area contributed by atoms with Crippen LogP contribution in [0.25, 0.3) is 0 Å². The maximum Gasteiger partial charge on any atom is 0.200 e. The van der Waals surface area contributed by atoms with Gasteiger partial charge in [0.05, 0.1) is 5.54 Å². The quantitative estimate of drug-likeness (QED) is 0.635. The Morgan fingerprint density at radius 2 is 1.75 bits per heavy atom. The van der Waals surface area contributed by atoms with Crippen LogP contribution in [-0.2, 0) is 4.79 Å². The Bertz CT molecular complexity index is 187. The molecule has 3 nitrogen and oxygen atoms in total. The molecule has 66 valence electrons. The minimum atomic E-state index is -0.758. The van der Waals surface area contributed by atoms with Crippen LogP contribution in [-0.4, -0.2) is 25.0 Å². The molecule has 0 rings (SSSR count). The van der Waals surface area contributed by atoms with Gasteiger partial charge in [-0.15, -0.1) is 0 Å². The van der Waals surface area contributed by atoms with Gasteiger partial charge in [-0.25, -0.2) is 0 Å². The van der Waals surface area contributed by atoms with Crippen LogP contribution in [0.3, 0.4) is 0 Å². The molecule has 0 aliphatic heterocycles. The van der Waals surface area contributed by atoms with Gasteiger partial charge < -0.3 is 5.32 Å². The van der Waals surface area contributed by atoms with Crippen molar-refractivity contribution in [3.63, 3.8) is 0 Å². The number of Topliss-reactive ketones (excluding diaryl/α,β-unsaturated/α-hetero) is 1. The summed E-state index contributed by atoms with van der Waals surface area (Å²) in [5.74, 6) is -0.694. The average Bonchev–Trinajstić information content (AvgIpc) is 1.99. The lowest BCUT2D eigenvalue weighted by molar-refractivity contribution is -0.123. The number of rotatable bonds is 4. The minimum Gasteiger partial charge on any atom is -0.354 e. The second kappa shape index (κ2) is 4.29. The van der Waals surface area contributed by atoms with E-state index in [1.807, 2.05) is 13.8 Å². The van der Waals surface area contributed by atoms with Crippen LogP contribution in [0.4, 0.5) is 4.79 Å². The van der Waals surface area contributed by atoms with Crippen LogP contribution >= 0.6 is 0 Å². The standard InChI is InChI=1S/C8H14BNO2/c1-4-8(5-2,6(3)11)10-7(9)12/h4-5H2,1-3H3,(H,10,12). The molecule has 0 heterocycles. The van der Waals surface area contributed by atoms with Crippen LogP contribution in [0.15, 0.2) is 0 Å². The molecule has 0 fully saturated rings. The molecular formula is C8H14BNO2. The second-order valence-electron chi connectivity index (χ2n) is 2.83. The van der Waals surface area contributed by atoms with Crippen LogP contribution in [0.5, 0.6) is 0 Å². The maximum absolute atomic E-state index is 11.2. The number of ketones is 1. The fourth-order valence-electron chi connectivity index (χ4n) is 1.25. The van der Waals surface area contributed by atoms with E-state index in [1.54, 1.807) is 0 Å². The summed E-state index contributed by atoms with van der Waals surface area (Å²) in [6.07, 6.45) is 1.14. The smallest absolute Gasteiger partial charge is 0.200 e. The molecule has 0 aliphatic rings. The lowest BCUT2D eigenvalue weighted by Crippen LogP contribution is -2.52. The number of amides is 1. The maximum atomic E-state index is 11.2. The van der Waals surface area contributed by atoms with Crippen LogP contribution in [0.1, 0.15) is 33.6 Å². The van der Waals surface area contributed by atoms with Gasteiger partial charge in [0.2, 0.25) is 7.85 Å². The van der Waals surface area contributed by atoms with Gasteiger partial charge in [-0.05, 0) is 19.8 Å². The SMILES string of the molecule is [B]C(=O)NC(CC)(CC)C(C)=O. The zero-order valence-corrected chi connectivity index (χ0v) is 7.81. The van der Waals surface area contributed by atoms with Crippen molar-refractivity contribution in [2.75, 3.05) is 0 Å². The van der Waals surface area contributed by atoms with E-state index < -0.39 is 11.3 Å². The average molecular weight is 167 g/mol. The van der Waals surface area contributed by atoms with Gasteiger partial charge in [0, 0.05) is 0 Å². The number of carbonyl (C=O) groups excluding carboxylic acids is 2. The van der Waals surface area contributed by atoms with E-state index >= 15 is 0 Å². The molecule has 0 saturated heterocycles. The summed E-state index contributed by atoms with van der Waals surface area (Å²) < 4.78 is 0. The van der Waals surface area contributed by atoms with E-state index in [0.29, 0.717) is 12.8 Å². The Morgan fingerprint density at radius 1 is 1.33 bits per heavy atom. The van der Waals surface area contributed by atoms with Gasteiger partial charge in [-0.3, -0.25) is 9.59 Å². The molecular weight excluding hydrogens is 153 g/mol. The highest BCUT2D eigenvalue weighted by Crippen LogP contribution is 2.15. The normalized spacial score (nSPS) is 10.9. The van der Waals surface area contributed by atoms with E-state index in [4.69, 9.17) is 7.85 Å². The number of hydrogen-bond acceptors (Lipinski definition) is 2. The lowest BCUT2D eigenvalue weighted by Gasteiger charge is -2.29. The first-order valence-electron chi connectivity index (χ1n) is 4.07. The van der Waals surface area contributed by atoms with Gasteiger partial charge in [0.15, 0.2) is 11.6 Å². The summed E-state index contributed by atoms with van der Waals surface area (Å²) in [5, 5.41) is 2.48. The first kappa shape index (κ1) is 11.2. The summed E-state index contributed by atoms with van der Waals surface area (Å²) in [4.78, 5) is 21.8. The Hall–Kier alpha value is -0.795. The summed E-state index contributed by atoms with van der Waals surface area (Å²) >= 11 is 0. The Balaban J connectivity index is 4.58. The van der Waals surface area contributed by atoms with E-state index in [1.165, 1.54) is 6.92 Å². The number of carbonyl (C=O) groups is 2. The first-order valence-corrected chi connectivity index (χ1v) is 4.07. The molecule has 1 N–H and O–H groups in total. The van der Waals surface area contributed by atoms with E-state index in [-0.39, 0.29) is 5.78 Å². The fourth-order valence-corrected chi connectivity index (χ4v) is 1.25. The van der Waals surface area contributed by atoms with Crippen LogP contribution < -0.4 is 5.32 Å². The van der Waals surface area contributed by atoms with E-state index in [9.17, 15) is 9.59 Å². The molecule has 0 saturated carbocycles. The van der Waals surface area contributed by atoms with Gasteiger partial charge >= 0.3 is 0 Å². The second-order valence-corrected chi connectivity index (χ2v) is 2.83. The van der Waals surface area contributed by atoms with Gasteiger partial charge in [0.25, 0.3) is 0 Å². The van der Waals surface area contributed by atoms with Crippen molar-refractivity contribution < 1.29 is 9.59 Å². The molecule has 0 spiro atoms. The van der Waals surface area contributed by atoms with Crippen molar-refractivity contribution in [3.8, 4) is 0 Å². The van der Waals surface area contributed by atoms with E-state index in [2.05, 4.69) is 5.32 Å². The van der Waals surface area contributed by atoms with Crippen molar-refractivity contribution in [3.05, 3.63) is 0 Å². The van der Waals surface area contributed by atoms with Crippen molar-refractivity contribution in [1.29, 1.82) is 0 Å². The molecule has 0 aromatic rings. The Labute approximate surface area is 74.3 Å². The van der Waals surface area contributed by atoms with Crippen molar-refractivity contribution >= 4 is 19.4 Å². The highest BCUT2D eigenvalue weighted by molar-refractivity contribution is 6.57. The van der Waals surface area contributed by atoms with Crippen molar-refractivity contribution in [1.82, 2.24) is 5.32 Å². The molecule has 0 aliphatic carbocycles. The molecule has 0 atom stereocenters. The molecule has 4 heteroatoms.